The number of nitrogens with one attached hydrogen (secondary N) is 2. The first-order valence-electron chi connectivity index (χ1n) is 9.12. The van der Waals surface area contributed by atoms with Crippen molar-refractivity contribution in [3.8, 4) is 0 Å². The molecule has 0 unspecified atom stereocenters. The van der Waals surface area contributed by atoms with Gasteiger partial charge in [-0.3, -0.25) is 0 Å². The number of rotatable bonds is 4. The topological polar surface area (TPSA) is 92.9 Å². The van der Waals surface area contributed by atoms with Crippen LogP contribution in [0, 0.1) is 30.6 Å². The Morgan fingerprint density at radius 2 is 1.88 bits per heavy atom. The van der Waals surface area contributed by atoms with Gasteiger partial charge in [0.1, 0.15) is 5.82 Å². The first kappa shape index (κ1) is 15.8. The Labute approximate surface area is 143 Å². The molecule has 0 aliphatic heterocycles. The fourth-order valence-electron chi connectivity index (χ4n) is 5.42. The van der Waals surface area contributed by atoms with Crippen LogP contribution >= 0.6 is 0 Å². The van der Waals surface area contributed by atoms with Crippen LogP contribution in [0.1, 0.15) is 43.6 Å². The first-order chi connectivity index (χ1) is 11.5. The number of nitrogens with two attached hydrogens (primary N) is 1. The zero-order chi connectivity index (χ0) is 16.7. The molecule has 6 heteroatoms. The molecule has 5 rings (SSSR count). The lowest BCUT2D eigenvalue weighted by molar-refractivity contribution is -0.0529. The SMILES string of the molecule is Cc1nccc(CNC(=O)NCC2(N)C3CC4CC(C3)CC2C4)n1. The van der Waals surface area contributed by atoms with E-state index < -0.39 is 0 Å². The Morgan fingerprint density at radius 1 is 1.21 bits per heavy atom. The van der Waals surface area contributed by atoms with Crippen molar-refractivity contribution >= 4 is 6.03 Å². The van der Waals surface area contributed by atoms with Gasteiger partial charge in [0, 0.05) is 18.3 Å². The number of nitrogens with zero attached hydrogens (tertiary/aromatic N) is 2. The predicted molar refractivity (Wildman–Crippen MR) is 91.0 cm³/mol. The number of urea groups is 1. The van der Waals surface area contributed by atoms with Crippen LogP contribution in [-0.2, 0) is 6.54 Å². The minimum atomic E-state index is -0.212. The molecule has 4 aliphatic carbocycles. The monoisotopic (exact) mass is 329 g/mol. The van der Waals surface area contributed by atoms with E-state index in [2.05, 4.69) is 20.6 Å². The Kier molecular flexibility index (Phi) is 3.95. The number of aromatic nitrogens is 2. The Morgan fingerprint density at radius 3 is 2.50 bits per heavy atom. The summed E-state index contributed by atoms with van der Waals surface area (Å²) in [5, 5.41) is 5.89. The maximum atomic E-state index is 12.2. The van der Waals surface area contributed by atoms with E-state index >= 15 is 0 Å². The minimum Gasteiger partial charge on any atom is -0.336 e. The second kappa shape index (κ2) is 5.99. The summed E-state index contributed by atoms with van der Waals surface area (Å²) >= 11 is 0. The summed E-state index contributed by atoms with van der Waals surface area (Å²) in [5.74, 6) is 3.65. The lowest BCUT2D eigenvalue weighted by atomic mass is 9.49. The predicted octanol–water partition coefficient (Wildman–Crippen LogP) is 1.74. The number of aryl methyl sites for hydroxylation is 1. The Hall–Kier alpha value is -1.69. The molecule has 4 N–H and O–H groups in total. The van der Waals surface area contributed by atoms with E-state index in [4.69, 9.17) is 5.73 Å². The van der Waals surface area contributed by atoms with E-state index in [0.29, 0.717) is 30.7 Å². The largest absolute Gasteiger partial charge is 0.336 e. The molecule has 4 saturated carbocycles. The molecule has 0 atom stereocenters. The van der Waals surface area contributed by atoms with Crippen LogP contribution in [-0.4, -0.2) is 28.1 Å². The number of hydrogen-bond acceptors (Lipinski definition) is 4. The van der Waals surface area contributed by atoms with Gasteiger partial charge in [0.2, 0.25) is 0 Å². The summed E-state index contributed by atoms with van der Waals surface area (Å²) in [4.78, 5) is 20.5. The fraction of sp³-hybridized carbons (Fsp3) is 0.722. The molecular formula is C18H27N5O. The summed E-state index contributed by atoms with van der Waals surface area (Å²) < 4.78 is 0. The normalized spacial score (nSPS) is 36.6. The van der Waals surface area contributed by atoms with Crippen LogP contribution in [0.15, 0.2) is 12.3 Å². The summed E-state index contributed by atoms with van der Waals surface area (Å²) in [6, 6.07) is 1.65. The highest BCUT2D eigenvalue weighted by molar-refractivity contribution is 5.73. The highest BCUT2D eigenvalue weighted by Crippen LogP contribution is 2.57. The molecule has 6 nitrogen and oxygen atoms in total. The van der Waals surface area contributed by atoms with Crippen molar-refractivity contribution in [1.29, 1.82) is 0 Å². The molecule has 4 bridgehead atoms. The highest BCUT2D eigenvalue weighted by Gasteiger charge is 2.55. The van der Waals surface area contributed by atoms with Crippen LogP contribution in [0.2, 0.25) is 0 Å². The quantitative estimate of drug-likeness (QED) is 0.784. The lowest BCUT2D eigenvalue weighted by Gasteiger charge is -2.59. The van der Waals surface area contributed by atoms with Gasteiger partial charge in [0.05, 0.1) is 12.2 Å². The third-order valence-electron chi connectivity index (χ3n) is 6.48. The molecule has 24 heavy (non-hydrogen) atoms. The van der Waals surface area contributed by atoms with Crippen LogP contribution < -0.4 is 16.4 Å². The molecule has 1 aromatic rings. The molecule has 1 heterocycles. The fourth-order valence-corrected chi connectivity index (χ4v) is 5.42. The third-order valence-corrected chi connectivity index (χ3v) is 6.48. The van der Waals surface area contributed by atoms with Crippen molar-refractivity contribution in [2.24, 2.45) is 29.4 Å². The lowest BCUT2D eigenvalue weighted by Crippen LogP contribution is -2.67. The van der Waals surface area contributed by atoms with Crippen molar-refractivity contribution in [3.05, 3.63) is 23.8 Å². The number of amides is 2. The van der Waals surface area contributed by atoms with Crippen molar-refractivity contribution in [2.45, 2.75) is 51.1 Å². The van der Waals surface area contributed by atoms with Crippen LogP contribution in [0.25, 0.3) is 0 Å². The maximum absolute atomic E-state index is 12.2. The van der Waals surface area contributed by atoms with E-state index in [1.165, 1.54) is 32.1 Å². The third kappa shape index (κ3) is 2.88. The van der Waals surface area contributed by atoms with Crippen LogP contribution in [0.4, 0.5) is 4.79 Å². The average molecular weight is 329 g/mol. The van der Waals surface area contributed by atoms with E-state index in [1.54, 1.807) is 6.20 Å². The standard InChI is InChI=1S/C18H27N5O/c1-11-20-3-2-16(23-11)9-21-17(24)22-10-18(19)14-5-12-4-13(7-14)8-15(18)6-12/h2-3,12-15H,4-10,19H2,1H3,(H2,21,22,24). The second-order valence-corrected chi connectivity index (χ2v) is 8.05. The van der Waals surface area contributed by atoms with E-state index in [9.17, 15) is 4.79 Å². The zero-order valence-corrected chi connectivity index (χ0v) is 14.3. The minimum absolute atomic E-state index is 0.162. The molecule has 4 aliphatic rings. The van der Waals surface area contributed by atoms with Gasteiger partial charge in [0.25, 0.3) is 0 Å². The molecule has 1 aromatic heterocycles. The van der Waals surface area contributed by atoms with Crippen molar-refractivity contribution in [2.75, 3.05) is 6.54 Å². The van der Waals surface area contributed by atoms with Gasteiger partial charge >= 0.3 is 6.03 Å². The molecule has 0 saturated heterocycles. The number of carbonyl (C=O) groups excluding carboxylic acids is 1. The zero-order valence-electron chi connectivity index (χ0n) is 14.3. The number of hydrogen-bond donors (Lipinski definition) is 3. The number of carbonyl (C=O) groups is 1. The van der Waals surface area contributed by atoms with Gasteiger partial charge in [0.15, 0.2) is 0 Å². The van der Waals surface area contributed by atoms with E-state index in [-0.39, 0.29) is 11.6 Å². The van der Waals surface area contributed by atoms with Gasteiger partial charge < -0.3 is 16.4 Å². The molecule has 4 fully saturated rings. The van der Waals surface area contributed by atoms with E-state index in [1.807, 2.05) is 13.0 Å². The van der Waals surface area contributed by atoms with E-state index in [0.717, 1.165) is 17.5 Å². The smallest absolute Gasteiger partial charge is 0.315 e. The van der Waals surface area contributed by atoms with Gasteiger partial charge in [-0.2, -0.15) is 0 Å². The van der Waals surface area contributed by atoms with Gasteiger partial charge in [-0.25, -0.2) is 14.8 Å². The molecule has 130 valence electrons. The van der Waals surface area contributed by atoms with Crippen LogP contribution in [0.5, 0.6) is 0 Å². The Bertz CT molecular complexity index is 604. The van der Waals surface area contributed by atoms with Gasteiger partial charge in [-0.1, -0.05) is 0 Å². The second-order valence-electron chi connectivity index (χ2n) is 8.05. The van der Waals surface area contributed by atoms with Gasteiger partial charge in [-0.05, 0) is 68.8 Å². The molecular weight excluding hydrogens is 302 g/mol. The maximum Gasteiger partial charge on any atom is 0.315 e. The van der Waals surface area contributed by atoms with Crippen molar-refractivity contribution in [1.82, 2.24) is 20.6 Å². The molecule has 0 aromatic carbocycles. The molecule has 0 spiro atoms. The molecule has 2 amide bonds. The van der Waals surface area contributed by atoms with Gasteiger partial charge in [-0.15, -0.1) is 0 Å². The summed E-state index contributed by atoms with van der Waals surface area (Å²) in [6.07, 6.45) is 8.15. The van der Waals surface area contributed by atoms with Crippen LogP contribution in [0.3, 0.4) is 0 Å². The van der Waals surface area contributed by atoms with Crippen molar-refractivity contribution < 1.29 is 4.79 Å². The average Bonchev–Trinajstić information content (AvgIpc) is 2.55. The summed E-state index contributed by atoms with van der Waals surface area (Å²) in [6.45, 7) is 2.83. The first-order valence-corrected chi connectivity index (χ1v) is 9.12. The highest BCUT2D eigenvalue weighted by atomic mass is 16.2. The summed E-state index contributed by atoms with van der Waals surface area (Å²) in [5.41, 5.74) is 7.41. The Balaban J connectivity index is 1.31. The molecule has 0 radical (unpaired) electrons. The summed E-state index contributed by atoms with van der Waals surface area (Å²) in [7, 11) is 0. The van der Waals surface area contributed by atoms with Crippen molar-refractivity contribution in [3.63, 3.8) is 0 Å².